The second-order valence-corrected chi connectivity index (χ2v) is 7.60. The van der Waals surface area contributed by atoms with Gasteiger partial charge in [0, 0.05) is 0 Å². The van der Waals surface area contributed by atoms with Crippen LogP contribution in [0.4, 0.5) is 0 Å². The van der Waals surface area contributed by atoms with Crippen molar-refractivity contribution < 1.29 is 19.1 Å². The highest BCUT2D eigenvalue weighted by Gasteiger charge is 2.20. The minimum atomic E-state index is -0.648. The van der Waals surface area contributed by atoms with Gasteiger partial charge in [0.15, 0.2) is 23.9 Å². The van der Waals surface area contributed by atoms with E-state index in [-0.39, 0.29) is 12.4 Å². The van der Waals surface area contributed by atoms with Crippen LogP contribution in [0.5, 0.6) is 11.5 Å². The van der Waals surface area contributed by atoms with Gasteiger partial charge in [-0.1, -0.05) is 36.4 Å². The van der Waals surface area contributed by atoms with Crippen LogP contribution in [0.15, 0.2) is 72.1 Å². The van der Waals surface area contributed by atoms with Gasteiger partial charge in [0.25, 0.3) is 5.91 Å². The molecule has 0 aliphatic heterocycles. The maximum atomic E-state index is 12.6. The lowest BCUT2D eigenvalue weighted by molar-refractivity contribution is -0.123. The zero-order valence-electron chi connectivity index (χ0n) is 17.7. The number of para-hydroxylation sites is 3. The van der Waals surface area contributed by atoms with Crippen molar-refractivity contribution >= 4 is 23.2 Å². The van der Waals surface area contributed by atoms with E-state index in [1.54, 1.807) is 22.9 Å². The number of amides is 2. The zero-order valence-corrected chi connectivity index (χ0v) is 18.5. The first kappa shape index (κ1) is 22.0. The number of ether oxygens (including phenoxy) is 2. The van der Waals surface area contributed by atoms with E-state index in [0.717, 1.165) is 10.6 Å². The Labute approximate surface area is 194 Å². The van der Waals surface area contributed by atoms with Gasteiger partial charge in [0.05, 0.1) is 17.2 Å². The van der Waals surface area contributed by atoms with Crippen LogP contribution >= 0.6 is 11.3 Å². The first-order valence-corrected chi connectivity index (χ1v) is 11.0. The van der Waals surface area contributed by atoms with E-state index in [1.807, 2.05) is 60.8 Å². The molecule has 2 aromatic carbocycles. The van der Waals surface area contributed by atoms with Gasteiger partial charge in [0.1, 0.15) is 0 Å². The van der Waals surface area contributed by atoms with Crippen molar-refractivity contribution in [3.63, 3.8) is 0 Å². The number of hydrogen-bond donors (Lipinski definition) is 2. The lowest BCUT2D eigenvalue weighted by Gasteiger charge is -2.11. The van der Waals surface area contributed by atoms with E-state index in [9.17, 15) is 9.59 Å². The maximum absolute atomic E-state index is 12.6. The average molecular weight is 464 g/mol. The number of hydrogen-bond acceptors (Lipinski definition) is 7. The van der Waals surface area contributed by atoms with Crippen LogP contribution in [-0.4, -0.2) is 39.8 Å². The molecular formula is C23H21N5O4S. The molecule has 0 unspecified atom stereocenters. The van der Waals surface area contributed by atoms with Crippen LogP contribution in [0, 0.1) is 0 Å². The number of aromatic nitrogens is 3. The summed E-state index contributed by atoms with van der Waals surface area (Å²) in [6.45, 7) is 2.02. The molecule has 0 atom stereocenters. The minimum Gasteiger partial charge on any atom is -0.490 e. The molecule has 168 valence electrons. The van der Waals surface area contributed by atoms with Gasteiger partial charge in [-0.25, -0.2) is 9.67 Å². The quantitative estimate of drug-likeness (QED) is 0.389. The van der Waals surface area contributed by atoms with Gasteiger partial charge < -0.3 is 9.47 Å². The Morgan fingerprint density at radius 1 is 0.939 bits per heavy atom. The van der Waals surface area contributed by atoms with Gasteiger partial charge in [-0.15, -0.1) is 16.4 Å². The van der Waals surface area contributed by atoms with E-state index in [1.165, 1.54) is 11.3 Å². The van der Waals surface area contributed by atoms with Crippen molar-refractivity contribution in [1.82, 2.24) is 25.6 Å². The van der Waals surface area contributed by atoms with Gasteiger partial charge in [0.2, 0.25) is 5.82 Å². The van der Waals surface area contributed by atoms with Gasteiger partial charge in [-0.2, -0.15) is 0 Å². The lowest BCUT2D eigenvalue weighted by atomic mass is 10.3. The molecule has 2 heterocycles. The van der Waals surface area contributed by atoms with E-state index in [4.69, 9.17) is 9.47 Å². The SMILES string of the molecule is CCOc1ccccc1OCC(=O)NNC(=O)c1nc(-c2cccs2)n(-c2ccccc2)n1. The predicted octanol–water partition coefficient (Wildman–Crippen LogP) is 3.23. The Bertz CT molecular complexity index is 1220. The molecule has 0 aliphatic rings. The molecule has 4 aromatic rings. The molecular weight excluding hydrogens is 442 g/mol. The summed E-state index contributed by atoms with van der Waals surface area (Å²) in [6.07, 6.45) is 0. The number of thiophene rings is 1. The third-order valence-electron chi connectivity index (χ3n) is 4.38. The topological polar surface area (TPSA) is 107 Å². The summed E-state index contributed by atoms with van der Waals surface area (Å²) in [4.78, 5) is 30.0. The number of hydrazine groups is 1. The number of nitrogens with zero attached hydrogens (tertiary/aromatic N) is 3. The van der Waals surface area contributed by atoms with Crippen LogP contribution in [0.3, 0.4) is 0 Å². The highest BCUT2D eigenvalue weighted by atomic mass is 32.1. The molecule has 2 amide bonds. The second-order valence-electron chi connectivity index (χ2n) is 6.65. The minimum absolute atomic E-state index is 0.0786. The van der Waals surface area contributed by atoms with Crippen molar-refractivity contribution in [3.8, 4) is 27.9 Å². The number of carbonyl (C=O) groups excluding carboxylic acids is 2. The fraction of sp³-hybridized carbons (Fsp3) is 0.130. The lowest BCUT2D eigenvalue weighted by Crippen LogP contribution is -2.44. The second kappa shape index (κ2) is 10.4. The summed E-state index contributed by atoms with van der Waals surface area (Å²) in [7, 11) is 0. The van der Waals surface area contributed by atoms with E-state index >= 15 is 0 Å². The van der Waals surface area contributed by atoms with Gasteiger partial charge in [-0.05, 0) is 42.6 Å². The van der Waals surface area contributed by atoms with E-state index in [0.29, 0.717) is 23.9 Å². The fourth-order valence-corrected chi connectivity index (χ4v) is 3.63. The molecule has 10 heteroatoms. The summed E-state index contributed by atoms with van der Waals surface area (Å²) in [5.41, 5.74) is 5.40. The number of carbonyl (C=O) groups is 2. The molecule has 2 N–H and O–H groups in total. The maximum Gasteiger partial charge on any atom is 0.309 e. The molecule has 2 aromatic heterocycles. The Kier molecular flexibility index (Phi) is 6.96. The average Bonchev–Trinajstić information content (AvgIpc) is 3.53. The molecule has 0 bridgehead atoms. The third-order valence-corrected chi connectivity index (χ3v) is 5.24. The molecule has 0 spiro atoms. The smallest absolute Gasteiger partial charge is 0.309 e. The molecule has 9 nitrogen and oxygen atoms in total. The summed E-state index contributed by atoms with van der Waals surface area (Å²) < 4.78 is 12.6. The molecule has 0 aliphatic carbocycles. The molecule has 0 saturated carbocycles. The van der Waals surface area contributed by atoms with Crippen LogP contribution in [0.25, 0.3) is 16.4 Å². The summed E-state index contributed by atoms with van der Waals surface area (Å²) in [5.74, 6) is 0.230. The standard InChI is InChI=1S/C23H21N5O4S/c1-2-31-17-11-6-7-12-18(17)32-15-20(29)25-26-23(30)21-24-22(19-13-8-14-33-19)28(27-21)16-9-4-3-5-10-16/h3-14H,2,15H2,1H3,(H,25,29)(H,26,30). The van der Waals surface area contributed by atoms with Crippen molar-refractivity contribution in [2.24, 2.45) is 0 Å². The largest absolute Gasteiger partial charge is 0.490 e. The van der Waals surface area contributed by atoms with Crippen molar-refractivity contribution in [2.75, 3.05) is 13.2 Å². The Morgan fingerprint density at radius 2 is 1.67 bits per heavy atom. The Balaban J connectivity index is 1.41. The summed E-state index contributed by atoms with van der Waals surface area (Å²) >= 11 is 1.49. The van der Waals surface area contributed by atoms with E-state index in [2.05, 4.69) is 20.9 Å². The molecule has 0 saturated heterocycles. The number of rotatable bonds is 8. The van der Waals surface area contributed by atoms with Gasteiger partial charge >= 0.3 is 5.91 Å². The van der Waals surface area contributed by atoms with Crippen LogP contribution in [0.2, 0.25) is 0 Å². The summed E-state index contributed by atoms with van der Waals surface area (Å²) in [6, 6.07) is 20.2. The molecule has 0 fully saturated rings. The molecule has 4 rings (SSSR count). The van der Waals surface area contributed by atoms with E-state index < -0.39 is 11.8 Å². The van der Waals surface area contributed by atoms with Crippen molar-refractivity contribution in [1.29, 1.82) is 0 Å². The van der Waals surface area contributed by atoms with Gasteiger partial charge in [-0.3, -0.25) is 20.4 Å². The van der Waals surface area contributed by atoms with Crippen LogP contribution in [-0.2, 0) is 4.79 Å². The number of nitrogens with one attached hydrogen (secondary N) is 2. The van der Waals surface area contributed by atoms with Crippen molar-refractivity contribution in [2.45, 2.75) is 6.92 Å². The normalized spacial score (nSPS) is 10.5. The zero-order chi connectivity index (χ0) is 23.0. The monoisotopic (exact) mass is 463 g/mol. The van der Waals surface area contributed by atoms with Crippen LogP contribution < -0.4 is 20.3 Å². The Hall–Kier alpha value is -4.18. The predicted molar refractivity (Wildman–Crippen MR) is 123 cm³/mol. The number of benzene rings is 2. The highest BCUT2D eigenvalue weighted by Crippen LogP contribution is 2.26. The molecule has 33 heavy (non-hydrogen) atoms. The Morgan fingerprint density at radius 3 is 2.36 bits per heavy atom. The highest BCUT2D eigenvalue weighted by molar-refractivity contribution is 7.13. The van der Waals surface area contributed by atoms with Crippen LogP contribution in [0.1, 0.15) is 17.5 Å². The first-order valence-electron chi connectivity index (χ1n) is 10.2. The first-order chi connectivity index (χ1) is 16.2. The summed E-state index contributed by atoms with van der Waals surface area (Å²) in [5, 5.41) is 6.26. The van der Waals surface area contributed by atoms with Crippen molar-refractivity contribution in [3.05, 3.63) is 77.9 Å². The third kappa shape index (κ3) is 5.36. The molecule has 0 radical (unpaired) electrons. The fourth-order valence-electron chi connectivity index (χ4n) is 2.93.